The molecule has 4 aliphatic carbocycles. The molecule has 0 spiro atoms. The van der Waals surface area contributed by atoms with Gasteiger partial charge in [0.2, 0.25) is 5.89 Å². The molecular weight excluding hydrogens is 408 g/mol. The number of hydrogen-bond donors (Lipinski definition) is 0. The predicted octanol–water partition coefficient (Wildman–Crippen LogP) is 6.09. The van der Waals surface area contributed by atoms with E-state index in [4.69, 9.17) is 9.15 Å². The summed E-state index contributed by atoms with van der Waals surface area (Å²) in [6.45, 7) is 0.691. The topological polar surface area (TPSA) is 38.5 Å². The Morgan fingerprint density at radius 1 is 1.00 bits per heavy atom. The lowest BCUT2D eigenvalue weighted by Gasteiger charge is -2.63. The van der Waals surface area contributed by atoms with Gasteiger partial charge >= 0.3 is 0 Å². The Balaban J connectivity index is 0.00000204. The Morgan fingerprint density at radius 3 is 2.39 bits per heavy atom. The monoisotopic (exact) mass is 438 g/mol. The van der Waals surface area contributed by atoms with Crippen LogP contribution in [-0.4, -0.2) is 35.1 Å². The molecule has 3 aromatic rings. The number of para-hydroxylation sites is 2. The summed E-state index contributed by atoms with van der Waals surface area (Å²) in [4.78, 5) is 7.10. The van der Waals surface area contributed by atoms with Crippen molar-refractivity contribution in [1.29, 1.82) is 0 Å². The van der Waals surface area contributed by atoms with E-state index in [1.807, 2.05) is 24.3 Å². The standard InChI is InChI=1S/C26H30N2O2.ClH/c1-28(2)25-12-19-11-20(13-25)15-26(14-19,17-25)29-16-18-7-9-21(10-8-18)24-27-22-5-3-4-6-23(22)30-24;/h3-10,19-20H,11-17H2,1-2H3;1H. The number of aromatic nitrogens is 1. The van der Waals surface area contributed by atoms with Crippen LogP contribution >= 0.6 is 12.4 Å². The fourth-order valence-electron chi connectivity index (χ4n) is 6.80. The molecule has 2 aromatic carbocycles. The van der Waals surface area contributed by atoms with Gasteiger partial charge in [0.1, 0.15) is 5.52 Å². The largest absolute Gasteiger partial charge is 0.436 e. The molecule has 2 unspecified atom stereocenters. The van der Waals surface area contributed by atoms with Gasteiger partial charge in [0, 0.05) is 11.1 Å². The molecule has 0 aliphatic heterocycles. The van der Waals surface area contributed by atoms with Crippen LogP contribution in [0, 0.1) is 11.8 Å². The summed E-state index contributed by atoms with van der Waals surface area (Å²) >= 11 is 0. The number of rotatable bonds is 5. The minimum Gasteiger partial charge on any atom is -0.436 e. The number of ether oxygens (including phenoxy) is 1. The van der Waals surface area contributed by atoms with Crippen molar-refractivity contribution in [1.82, 2.24) is 9.88 Å². The first-order chi connectivity index (χ1) is 14.5. The summed E-state index contributed by atoms with van der Waals surface area (Å²) in [5.74, 6) is 2.36. The molecule has 0 amide bonds. The van der Waals surface area contributed by atoms with Gasteiger partial charge in [-0.1, -0.05) is 24.3 Å². The summed E-state index contributed by atoms with van der Waals surface area (Å²) in [6, 6.07) is 16.4. The smallest absolute Gasteiger partial charge is 0.227 e. The number of oxazole rings is 1. The molecule has 0 saturated heterocycles. The molecule has 7 rings (SSSR count). The molecule has 4 saturated carbocycles. The molecule has 4 fully saturated rings. The molecule has 1 aromatic heterocycles. The third-order valence-electron chi connectivity index (χ3n) is 7.97. The van der Waals surface area contributed by atoms with Crippen molar-refractivity contribution in [3.63, 3.8) is 0 Å². The number of halogens is 1. The number of hydrogen-bond acceptors (Lipinski definition) is 4. The molecule has 4 bridgehead atoms. The van der Waals surface area contributed by atoms with Crippen molar-refractivity contribution in [3.05, 3.63) is 54.1 Å². The van der Waals surface area contributed by atoms with Crippen LogP contribution in [0.15, 0.2) is 52.9 Å². The van der Waals surface area contributed by atoms with Crippen LogP contribution in [0.3, 0.4) is 0 Å². The maximum atomic E-state index is 6.73. The van der Waals surface area contributed by atoms with Crippen LogP contribution in [0.4, 0.5) is 0 Å². The maximum Gasteiger partial charge on any atom is 0.227 e. The molecular formula is C26H31ClN2O2. The number of benzene rings is 2. The Labute approximate surface area is 190 Å². The highest BCUT2D eigenvalue weighted by atomic mass is 35.5. The van der Waals surface area contributed by atoms with Crippen LogP contribution in [-0.2, 0) is 11.3 Å². The van der Waals surface area contributed by atoms with Gasteiger partial charge in [-0.3, -0.25) is 0 Å². The molecule has 4 aliphatic rings. The average Bonchev–Trinajstić information content (AvgIpc) is 3.16. The quantitative estimate of drug-likeness (QED) is 0.483. The van der Waals surface area contributed by atoms with Gasteiger partial charge in [-0.05, 0) is 94.3 Å². The first kappa shape index (κ1) is 21.0. The van der Waals surface area contributed by atoms with E-state index in [9.17, 15) is 0 Å². The van der Waals surface area contributed by atoms with Crippen LogP contribution in [0.5, 0.6) is 0 Å². The second-order valence-electron chi connectivity index (χ2n) is 10.2. The number of fused-ring (bicyclic) bond motifs is 1. The maximum absolute atomic E-state index is 6.73. The molecule has 0 N–H and O–H groups in total. The molecule has 1 heterocycles. The van der Waals surface area contributed by atoms with Gasteiger partial charge in [-0.15, -0.1) is 12.4 Å². The van der Waals surface area contributed by atoms with Crippen molar-refractivity contribution in [2.75, 3.05) is 14.1 Å². The highest BCUT2D eigenvalue weighted by Gasteiger charge is 2.59. The van der Waals surface area contributed by atoms with E-state index < -0.39 is 0 Å². The van der Waals surface area contributed by atoms with Crippen LogP contribution in [0.2, 0.25) is 0 Å². The lowest BCUT2D eigenvalue weighted by Crippen LogP contribution is -2.64. The fourth-order valence-corrected chi connectivity index (χ4v) is 6.80. The summed E-state index contributed by atoms with van der Waals surface area (Å²) in [7, 11) is 4.54. The fraction of sp³-hybridized carbons (Fsp3) is 0.500. The third kappa shape index (κ3) is 3.59. The molecule has 5 heteroatoms. The van der Waals surface area contributed by atoms with Gasteiger partial charge in [0.05, 0.1) is 12.2 Å². The second-order valence-corrected chi connectivity index (χ2v) is 10.2. The zero-order chi connectivity index (χ0) is 20.3. The highest BCUT2D eigenvalue weighted by molar-refractivity contribution is 5.85. The van der Waals surface area contributed by atoms with Gasteiger partial charge in [-0.25, -0.2) is 4.98 Å². The Kier molecular flexibility index (Phi) is 5.16. The van der Waals surface area contributed by atoms with Crippen LogP contribution < -0.4 is 0 Å². The van der Waals surface area contributed by atoms with Crippen LogP contribution in [0.25, 0.3) is 22.6 Å². The zero-order valence-corrected chi connectivity index (χ0v) is 19.2. The molecule has 2 atom stereocenters. The summed E-state index contributed by atoms with van der Waals surface area (Å²) < 4.78 is 12.6. The third-order valence-corrected chi connectivity index (χ3v) is 7.97. The molecule has 31 heavy (non-hydrogen) atoms. The van der Waals surface area contributed by atoms with Crippen molar-refractivity contribution >= 4 is 23.5 Å². The summed E-state index contributed by atoms with van der Waals surface area (Å²) in [5.41, 5.74) is 4.41. The summed E-state index contributed by atoms with van der Waals surface area (Å²) in [6.07, 6.45) is 7.84. The second kappa shape index (κ2) is 7.61. The van der Waals surface area contributed by atoms with Gasteiger partial charge < -0.3 is 14.1 Å². The normalized spacial score (nSPS) is 31.3. The Hall–Kier alpha value is -1.88. The van der Waals surface area contributed by atoms with Gasteiger partial charge in [0.25, 0.3) is 0 Å². The Bertz CT molecular complexity index is 1030. The summed E-state index contributed by atoms with van der Waals surface area (Å²) in [5, 5.41) is 0. The van der Waals surface area contributed by atoms with E-state index in [1.54, 1.807) is 0 Å². The van der Waals surface area contributed by atoms with Crippen molar-refractivity contribution in [3.8, 4) is 11.5 Å². The molecule has 164 valence electrons. The van der Waals surface area contributed by atoms with Crippen molar-refractivity contribution < 1.29 is 9.15 Å². The Morgan fingerprint density at radius 2 is 1.71 bits per heavy atom. The van der Waals surface area contributed by atoms with E-state index >= 15 is 0 Å². The minimum absolute atomic E-state index is 0. The van der Waals surface area contributed by atoms with E-state index in [0.717, 1.165) is 28.5 Å². The van der Waals surface area contributed by atoms with Crippen molar-refractivity contribution in [2.24, 2.45) is 11.8 Å². The molecule has 0 radical (unpaired) electrons. The van der Waals surface area contributed by atoms with E-state index in [-0.39, 0.29) is 18.0 Å². The average molecular weight is 439 g/mol. The first-order valence-electron chi connectivity index (χ1n) is 11.3. The van der Waals surface area contributed by atoms with E-state index in [0.29, 0.717) is 18.0 Å². The van der Waals surface area contributed by atoms with Crippen LogP contribution in [0.1, 0.15) is 44.1 Å². The van der Waals surface area contributed by atoms with E-state index in [1.165, 1.54) is 44.1 Å². The van der Waals surface area contributed by atoms with Gasteiger partial charge in [-0.2, -0.15) is 0 Å². The van der Waals surface area contributed by atoms with Gasteiger partial charge in [0.15, 0.2) is 5.58 Å². The number of nitrogens with zero attached hydrogens (tertiary/aromatic N) is 2. The lowest BCUT2D eigenvalue weighted by molar-refractivity contribution is -0.199. The van der Waals surface area contributed by atoms with Crippen molar-refractivity contribution in [2.45, 2.75) is 56.3 Å². The first-order valence-corrected chi connectivity index (χ1v) is 11.3. The highest BCUT2D eigenvalue weighted by Crippen LogP contribution is 2.60. The molecule has 4 nitrogen and oxygen atoms in total. The SMILES string of the molecule is CN(C)C12CC3CC(CC(OCc4ccc(-c5nc6ccccc6o5)cc4)(C3)C1)C2.Cl. The minimum atomic E-state index is 0. The van der Waals surface area contributed by atoms with E-state index in [2.05, 4.69) is 48.2 Å². The predicted molar refractivity (Wildman–Crippen MR) is 125 cm³/mol. The lowest BCUT2D eigenvalue weighted by atomic mass is 9.50. The zero-order valence-electron chi connectivity index (χ0n) is 18.3.